The number of hydrogen-bond acceptors (Lipinski definition) is 7. The van der Waals surface area contributed by atoms with Gasteiger partial charge in [0.2, 0.25) is 16.0 Å². The maximum Gasteiger partial charge on any atom is 0.243 e. The quantitative estimate of drug-likeness (QED) is 0.337. The minimum atomic E-state index is -3.66. The van der Waals surface area contributed by atoms with Crippen molar-refractivity contribution in [2.75, 3.05) is 18.4 Å². The number of sulfonamides is 1. The molecule has 1 fully saturated rings. The SMILES string of the molecule is N#Cc1ccc(-c2ccnc(Nc3ccc(S(=O)(=O)N4CCC([C@H](N)c5ccc(F)cc5)CC4)cc3)n2)cc1. The molecule has 4 aromatic rings. The van der Waals surface area contributed by atoms with Crippen molar-refractivity contribution in [1.82, 2.24) is 14.3 Å². The van der Waals surface area contributed by atoms with Gasteiger partial charge < -0.3 is 11.1 Å². The fourth-order valence-electron chi connectivity index (χ4n) is 4.72. The first kappa shape index (κ1) is 26.4. The van der Waals surface area contributed by atoms with E-state index < -0.39 is 10.0 Å². The van der Waals surface area contributed by atoms with Crippen LogP contribution in [0.5, 0.6) is 0 Å². The van der Waals surface area contributed by atoms with Gasteiger partial charge in [-0.05, 0) is 78.9 Å². The summed E-state index contributed by atoms with van der Waals surface area (Å²) in [5.41, 5.74) is 10.0. The Kier molecular flexibility index (Phi) is 7.65. The number of nitriles is 1. The molecule has 8 nitrogen and oxygen atoms in total. The second-order valence-corrected chi connectivity index (χ2v) is 11.4. The van der Waals surface area contributed by atoms with Crippen molar-refractivity contribution >= 4 is 21.7 Å². The minimum Gasteiger partial charge on any atom is -0.324 e. The van der Waals surface area contributed by atoms with Crippen LogP contribution in [0.1, 0.15) is 30.0 Å². The Bertz CT molecular complexity index is 1580. The fourth-order valence-corrected chi connectivity index (χ4v) is 6.19. The summed E-state index contributed by atoms with van der Waals surface area (Å²) in [5, 5.41) is 12.1. The van der Waals surface area contributed by atoms with Crippen molar-refractivity contribution in [3.63, 3.8) is 0 Å². The van der Waals surface area contributed by atoms with Gasteiger partial charge in [-0.25, -0.2) is 22.8 Å². The Labute approximate surface area is 227 Å². The Balaban J connectivity index is 1.22. The summed E-state index contributed by atoms with van der Waals surface area (Å²) < 4.78 is 41.3. The largest absolute Gasteiger partial charge is 0.324 e. The van der Waals surface area contributed by atoms with Gasteiger partial charge in [0, 0.05) is 36.6 Å². The standard InChI is InChI=1S/C29H27FN6O2S/c30-24-7-5-22(6-8-24)28(32)23-14-17-36(18-15-23)39(37,38)26-11-9-25(10-12-26)34-29-33-16-13-27(35-29)21-3-1-20(19-31)2-4-21/h1-13,16,23,28H,14-15,17-18,32H2,(H,33,34,35)/t28-/m1/s1. The summed E-state index contributed by atoms with van der Waals surface area (Å²) in [7, 11) is -3.66. The smallest absolute Gasteiger partial charge is 0.243 e. The van der Waals surface area contributed by atoms with Crippen LogP contribution < -0.4 is 11.1 Å². The third kappa shape index (κ3) is 5.96. The average molecular weight is 543 g/mol. The van der Waals surface area contributed by atoms with Crippen LogP contribution in [0.2, 0.25) is 0 Å². The van der Waals surface area contributed by atoms with E-state index in [1.165, 1.54) is 16.4 Å². The Hall–Kier alpha value is -4.17. The summed E-state index contributed by atoms with van der Waals surface area (Å²) in [4.78, 5) is 8.99. The molecule has 198 valence electrons. The van der Waals surface area contributed by atoms with E-state index in [4.69, 9.17) is 11.0 Å². The van der Waals surface area contributed by atoms with E-state index in [1.54, 1.807) is 60.8 Å². The van der Waals surface area contributed by atoms with Gasteiger partial charge in [0.1, 0.15) is 5.82 Å². The molecule has 1 aliphatic heterocycles. The molecule has 0 spiro atoms. The van der Waals surface area contributed by atoms with E-state index >= 15 is 0 Å². The summed E-state index contributed by atoms with van der Waals surface area (Å²) >= 11 is 0. The number of halogens is 1. The number of rotatable bonds is 7. The molecule has 3 aromatic carbocycles. The number of nitrogens with zero attached hydrogens (tertiary/aromatic N) is 4. The van der Waals surface area contributed by atoms with Gasteiger partial charge in [-0.1, -0.05) is 24.3 Å². The normalized spacial score (nSPS) is 15.4. The highest BCUT2D eigenvalue weighted by molar-refractivity contribution is 7.89. The molecular weight excluding hydrogens is 515 g/mol. The van der Waals surface area contributed by atoms with Crippen molar-refractivity contribution in [2.45, 2.75) is 23.8 Å². The molecule has 1 aliphatic rings. The molecule has 1 saturated heterocycles. The van der Waals surface area contributed by atoms with E-state index in [0.717, 1.165) is 11.1 Å². The zero-order valence-electron chi connectivity index (χ0n) is 21.0. The van der Waals surface area contributed by atoms with Gasteiger partial charge in [-0.2, -0.15) is 9.57 Å². The van der Waals surface area contributed by atoms with Crippen LogP contribution in [0.4, 0.5) is 16.0 Å². The number of benzene rings is 3. The number of aromatic nitrogens is 2. The number of anilines is 2. The fraction of sp³-hybridized carbons (Fsp3) is 0.207. The highest BCUT2D eigenvalue weighted by Crippen LogP contribution is 2.32. The van der Waals surface area contributed by atoms with E-state index in [2.05, 4.69) is 21.4 Å². The van der Waals surface area contributed by atoms with Crippen LogP contribution in [0, 0.1) is 23.1 Å². The van der Waals surface area contributed by atoms with Crippen LogP contribution in [-0.2, 0) is 10.0 Å². The van der Waals surface area contributed by atoms with Crippen molar-refractivity contribution in [3.8, 4) is 17.3 Å². The zero-order chi connectivity index (χ0) is 27.4. The van der Waals surface area contributed by atoms with E-state index in [-0.39, 0.29) is 22.7 Å². The Morgan fingerprint density at radius 1 is 0.974 bits per heavy atom. The lowest BCUT2D eigenvalue weighted by molar-refractivity contribution is 0.245. The zero-order valence-corrected chi connectivity index (χ0v) is 21.9. The van der Waals surface area contributed by atoms with E-state index in [0.29, 0.717) is 48.8 Å². The molecule has 0 amide bonds. The number of piperidine rings is 1. The average Bonchev–Trinajstić information content (AvgIpc) is 2.98. The lowest BCUT2D eigenvalue weighted by atomic mass is 9.86. The Morgan fingerprint density at radius 3 is 2.28 bits per heavy atom. The van der Waals surface area contributed by atoms with Crippen LogP contribution in [0.3, 0.4) is 0 Å². The highest BCUT2D eigenvalue weighted by Gasteiger charge is 2.32. The Morgan fingerprint density at radius 2 is 1.64 bits per heavy atom. The van der Waals surface area contributed by atoms with Gasteiger partial charge >= 0.3 is 0 Å². The second-order valence-electron chi connectivity index (χ2n) is 9.42. The van der Waals surface area contributed by atoms with Crippen LogP contribution in [0.25, 0.3) is 11.3 Å². The van der Waals surface area contributed by atoms with Gasteiger partial charge in [0.25, 0.3) is 0 Å². The third-order valence-corrected chi connectivity index (χ3v) is 8.89. The number of nitrogens with one attached hydrogen (secondary N) is 1. The first-order valence-corrected chi connectivity index (χ1v) is 14.0. The molecule has 5 rings (SSSR count). The molecule has 2 heterocycles. The van der Waals surface area contributed by atoms with E-state index in [9.17, 15) is 12.8 Å². The topological polar surface area (TPSA) is 125 Å². The predicted molar refractivity (Wildman–Crippen MR) is 147 cm³/mol. The van der Waals surface area contributed by atoms with Gasteiger partial charge in [-0.15, -0.1) is 0 Å². The molecule has 1 atom stereocenters. The highest BCUT2D eigenvalue weighted by atomic mass is 32.2. The molecule has 0 aliphatic carbocycles. The maximum atomic E-state index is 13.3. The van der Waals surface area contributed by atoms with Crippen LogP contribution in [-0.4, -0.2) is 35.8 Å². The van der Waals surface area contributed by atoms with Gasteiger partial charge in [0.15, 0.2) is 0 Å². The molecular formula is C29H27FN6O2S. The van der Waals surface area contributed by atoms with Crippen molar-refractivity contribution in [1.29, 1.82) is 5.26 Å². The molecule has 0 unspecified atom stereocenters. The molecule has 3 N–H and O–H groups in total. The van der Waals surface area contributed by atoms with Crippen molar-refractivity contribution in [2.24, 2.45) is 11.7 Å². The summed E-state index contributed by atoms with van der Waals surface area (Å²) in [5.74, 6) is 0.179. The number of hydrogen-bond donors (Lipinski definition) is 2. The monoisotopic (exact) mass is 542 g/mol. The van der Waals surface area contributed by atoms with Gasteiger partial charge in [0.05, 0.1) is 22.2 Å². The first-order valence-electron chi connectivity index (χ1n) is 12.6. The maximum absolute atomic E-state index is 13.3. The predicted octanol–water partition coefficient (Wildman–Crippen LogP) is 5.00. The molecule has 0 bridgehead atoms. The van der Waals surface area contributed by atoms with Crippen molar-refractivity contribution < 1.29 is 12.8 Å². The molecule has 0 radical (unpaired) electrons. The lowest BCUT2D eigenvalue weighted by Gasteiger charge is -2.34. The second kappa shape index (κ2) is 11.3. The van der Waals surface area contributed by atoms with Gasteiger partial charge in [-0.3, -0.25) is 0 Å². The number of nitrogens with two attached hydrogens (primary N) is 1. The minimum absolute atomic E-state index is 0.119. The molecule has 39 heavy (non-hydrogen) atoms. The third-order valence-electron chi connectivity index (χ3n) is 6.97. The van der Waals surface area contributed by atoms with E-state index in [1.807, 2.05) is 12.1 Å². The van der Waals surface area contributed by atoms with Crippen molar-refractivity contribution in [3.05, 3.63) is 102 Å². The van der Waals surface area contributed by atoms with Crippen LogP contribution in [0.15, 0.2) is 90.0 Å². The molecule has 1 aromatic heterocycles. The summed E-state index contributed by atoms with van der Waals surface area (Å²) in [6.07, 6.45) is 2.89. The summed E-state index contributed by atoms with van der Waals surface area (Å²) in [6, 6.07) is 23.4. The molecule has 10 heteroatoms. The molecule has 0 saturated carbocycles. The first-order chi connectivity index (χ1) is 18.8. The lowest BCUT2D eigenvalue weighted by Crippen LogP contribution is -2.40. The summed E-state index contributed by atoms with van der Waals surface area (Å²) in [6.45, 7) is 0.746. The van der Waals surface area contributed by atoms with Crippen LogP contribution >= 0.6 is 0 Å².